The van der Waals surface area contributed by atoms with Gasteiger partial charge in [0.05, 0.1) is 0 Å². The van der Waals surface area contributed by atoms with Crippen molar-refractivity contribution < 1.29 is 9.84 Å². The third-order valence-corrected chi connectivity index (χ3v) is 5.19. The number of benzene rings is 3. The van der Waals surface area contributed by atoms with E-state index in [0.717, 1.165) is 36.0 Å². The average molecular weight is 347 g/mol. The molecule has 3 heteroatoms. The molecule has 2 atom stereocenters. The molecular weight excluding hydrogens is 322 g/mol. The summed E-state index contributed by atoms with van der Waals surface area (Å²) in [6.07, 6.45) is 0.671. The van der Waals surface area contributed by atoms with Gasteiger partial charge in [0.15, 0.2) is 0 Å². The number of aliphatic hydroxyl groups is 1. The minimum Gasteiger partial charge on any atom is -0.490 e. The van der Waals surface area contributed by atoms with E-state index in [4.69, 9.17) is 4.74 Å². The van der Waals surface area contributed by atoms with E-state index in [2.05, 4.69) is 53.4 Å². The van der Waals surface area contributed by atoms with E-state index in [-0.39, 0.29) is 0 Å². The van der Waals surface area contributed by atoms with E-state index in [0.29, 0.717) is 19.1 Å². The second kappa shape index (κ2) is 7.90. The van der Waals surface area contributed by atoms with Gasteiger partial charge in [0.25, 0.3) is 0 Å². The third-order valence-electron chi connectivity index (χ3n) is 5.19. The molecule has 1 aliphatic heterocycles. The van der Waals surface area contributed by atoms with E-state index >= 15 is 0 Å². The van der Waals surface area contributed by atoms with Gasteiger partial charge in [-0.05, 0) is 35.9 Å². The maximum atomic E-state index is 10.4. The molecule has 134 valence electrons. The largest absolute Gasteiger partial charge is 0.490 e. The van der Waals surface area contributed by atoms with Crippen molar-refractivity contribution in [2.75, 3.05) is 26.2 Å². The fourth-order valence-electron chi connectivity index (χ4n) is 3.85. The number of aliphatic hydroxyl groups excluding tert-OH is 1. The van der Waals surface area contributed by atoms with Crippen LogP contribution in [0, 0.1) is 0 Å². The number of fused-ring (bicyclic) bond motifs is 1. The monoisotopic (exact) mass is 347 g/mol. The number of hydrogen-bond donors (Lipinski definition) is 1. The number of likely N-dealkylation sites (tertiary alicyclic amines) is 1. The van der Waals surface area contributed by atoms with E-state index in [1.165, 1.54) is 5.56 Å². The SMILES string of the molecule is O[C@@H](COc1cccc2ccccc12)CN1CC[C@H](c2ccccc2)C1. The fourth-order valence-corrected chi connectivity index (χ4v) is 3.85. The lowest BCUT2D eigenvalue weighted by Gasteiger charge is -2.21. The summed E-state index contributed by atoms with van der Waals surface area (Å²) in [7, 11) is 0. The van der Waals surface area contributed by atoms with Gasteiger partial charge in [0, 0.05) is 18.5 Å². The maximum absolute atomic E-state index is 10.4. The Hall–Kier alpha value is -2.36. The first-order valence-electron chi connectivity index (χ1n) is 9.35. The molecular formula is C23H25NO2. The summed E-state index contributed by atoms with van der Waals surface area (Å²) < 4.78 is 5.93. The van der Waals surface area contributed by atoms with Gasteiger partial charge in [0.1, 0.15) is 18.5 Å². The molecule has 3 aromatic rings. The molecule has 3 nitrogen and oxygen atoms in total. The average Bonchev–Trinajstić information content (AvgIpc) is 3.15. The lowest BCUT2D eigenvalue weighted by molar-refractivity contribution is 0.0760. The first-order valence-corrected chi connectivity index (χ1v) is 9.35. The summed E-state index contributed by atoms with van der Waals surface area (Å²) in [5.74, 6) is 1.41. The van der Waals surface area contributed by atoms with Crippen LogP contribution in [0.3, 0.4) is 0 Å². The molecule has 0 bridgehead atoms. The lowest BCUT2D eigenvalue weighted by atomic mass is 9.99. The normalized spacial score (nSPS) is 18.9. The molecule has 1 heterocycles. The van der Waals surface area contributed by atoms with Gasteiger partial charge in [-0.2, -0.15) is 0 Å². The summed E-state index contributed by atoms with van der Waals surface area (Å²) in [6.45, 7) is 3.02. The van der Waals surface area contributed by atoms with Crippen LogP contribution < -0.4 is 4.74 Å². The molecule has 26 heavy (non-hydrogen) atoms. The van der Waals surface area contributed by atoms with Crippen LogP contribution >= 0.6 is 0 Å². The first kappa shape index (κ1) is 17.1. The zero-order valence-electron chi connectivity index (χ0n) is 14.9. The third kappa shape index (κ3) is 3.90. The predicted molar refractivity (Wildman–Crippen MR) is 106 cm³/mol. The van der Waals surface area contributed by atoms with Crippen molar-refractivity contribution in [2.24, 2.45) is 0 Å². The number of hydrogen-bond acceptors (Lipinski definition) is 3. The van der Waals surface area contributed by atoms with Crippen molar-refractivity contribution in [1.29, 1.82) is 0 Å². The van der Waals surface area contributed by atoms with Gasteiger partial charge >= 0.3 is 0 Å². The summed E-state index contributed by atoms with van der Waals surface area (Å²) in [4.78, 5) is 2.34. The number of ether oxygens (including phenoxy) is 1. The number of nitrogens with zero attached hydrogens (tertiary/aromatic N) is 1. The van der Waals surface area contributed by atoms with Crippen molar-refractivity contribution in [3.63, 3.8) is 0 Å². The van der Waals surface area contributed by atoms with E-state index in [9.17, 15) is 5.11 Å². The molecule has 4 rings (SSSR count). The summed E-state index contributed by atoms with van der Waals surface area (Å²) in [6, 6.07) is 24.9. The Balaban J connectivity index is 1.31. The van der Waals surface area contributed by atoms with Gasteiger partial charge in [-0.15, -0.1) is 0 Å². The highest BCUT2D eigenvalue weighted by molar-refractivity contribution is 5.88. The van der Waals surface area contributed by atoms with Crippen molar-refractivity contribution in [3.8, 4) is 5.75 Å². The quantitative estimate of drug-likeness (QED) is 0.730. The maximum Gasteiger partial charge on any atom is 0.127 e. The highest BCUT2D eigenvalue weighted by atomic mass is 16.5. The van der Waals surface area contributed by atoms with Crippen molar-refractivity contribution >= 4 is 10.8 Å². The van der Waals surface area contributed by atoms with E-state index in [1.807, 2.05) is 24.3 Å². The Morgan fingerprint density at radius 3 is 2.62 bits per heavy atom. The van der Waals surface area contributed by atoms with Crippen LogP contribution in [-0.2, 0) is 0 Å². The number of rotatable bonds is 6. The van der Waals surface area contributed by atoms with Gasteiger partial charge in [-0.1, -0.05) is 66.7 Å². The molecule has 0 saturated carbocycles. The van der Waals surface area contributed by atoms with Crippen LogP contribution in [0.1, 0.15) is 17.9 Å². The molecule has 0 aromatic heterocycles. The second-order valence-corrected chi connectivity index (χ2v) is 7.10. The van der Waals surface area contributed by atoms with Crippen LogP contribution in [0.2, 0.25) is 0 Å². The standard InChI is InChI=1S/C23H25NO2/c25-21(16-24-14-13-20(15-24)18-7-2-1-3-8-18)17-26-23-12-6-10-19-9-4-5-11-22(19)23/h1-12,20-21,25H,13-17H2/t20-,21+/m0/s1. The van der Waals surface area contributed by atoms with Crippen LogP contribution in [0.25, 0.3) is 10.8 Å². The van der Waals surface area contributed by atoms with Gasteiger partial charge < -0.3 is 14.7 Å². The zero-order valence-corrected chi connectivity index (χ0v) is 14.9. The van der Waals surface area contributed by atoms with Crippen LogP contribution in [0.4, 0.5) is 0 Å². The lowest BCUT2D eigenvalue weighted by Crippen LogP contribution is -2.34. The Morgan fingerprint density at radius 2 is 1.73 bits per heavy atom. The molecule has 0 radical (unpaired) electrons. The van der Waals surface area contributed by atoms with Crippen LogP contribution in [-0.4, -0.2) is 42.4 Å². The van der Waals surface area contributed by atoms with Crippen molar-refractivity contribution in [3.05, 3.63) is 78.4 Å². The van der Waals surface area contributed by atoms with E-state index in [1.54, 1.807) is 0 Å². The summed E-state index contributed by atoms with van der Waals surface area (Å²) in [5, 5.41) is 12.7. The predicted octanol–water partition coefficient (Wildman–Crippen LogP) is 4.07. The van der Waals surface area contributed by atoms with Crippen LogP contribution in [0.5, 0.6) is 5.75 Å². The van der Waals surface area contributed by atoms with Crippen LogP contribution in [0.15, 0.2) is 72.8 Å². The second-order valence-electron chi connectivity index (χ2n) is 7.10. The Morgan fingerprint density at radius 1 is 0.962 bits per heavy atom. The highest BCUT2D eigenvalue weighted by Crippen LogP contribution is 2.27. The highest BCUT2D eigenvalue weighted by Gasteiger charge is 2.25. The van der Waals surface area contributed by atoms with E-state index < -0.39 is 6.10 Å². The Labute approximate surface area is 154 Å². The summed E-state index contributed by atoms with van der Waals surface area (Å²) in [5.41, 5.74) is 1.40. The molecule has 1 saturated heterocycles. The van der Waals surface area contributed by atoms with Gasteiger partial charge in [0.2, 0.25) is 0 Å². The zero-order chi connectivity index (χ0) is 17.8. The summed E-state index contributed by atoms with van der Waals surface area (Å²) >= 11 is 0. The Kier molecular flexibility index (Phi) is 5.19. The molecule has 3 aromatic carbocycles. The molecule has 1 fully saturated rings. The molecule has 0 aliphatic carbocycles. The minimum atomic E-state index is -0.483. The molecule has 0 unspecified atom stereocenters. The molecule has 0 amide bonds. The molecule has 0 spiro atoms. The smallest absolute Gasteiger partial charge is 0.127 e. The fraction of sp³-hybridized carbons (Fsp3) is 0.304. The minimum absolute atomic E-state index is 0.320. The van der Waals surface area contributed by atoms with Gasteiger partial charge in [-0.25, -0.2) is 0 Å². The van der Waals surface area contributed by atoms with Gasteiger partial charge in [-0.3, -0.25) is 0 Å². The van der Waals surface area contributed by atoms with Crippen molar-refractivity contribution in [1.82, 2.24) is 4.90 Å². The topological polar surface area (TPSA) is 32.7 Å². The van der Waals surface area contributed by atoms with Crippen molar-refractivity contribution in [2.45, 2.75) is 18.4 Å². The number of β-amino-alcohol motifs (C(OH)–C–C–N with tert-alkyl or cyclic N) is 1. The molecule has 1 N–H and O–H groups in total. The Bertz CT molecular complexity index is 844. The molecule has 1 aliphatic rings. The first-order chi connectivity index (χ1) is 12.8.